The van der Waals surface area contributed by atoms with E-state index in [1.165, 1.54) is 7.11 Å². The summed E-state index contributed by atoms with van der Waals surface area (Å²) in [6.45, 7) is 5.23. The zero-order valence-electron chi connectivity index (χ0n) is 13.2. The van der Waals surface area contributed by atoms with Crippen LogP contribution < -0.4 is 5.32 Å². The lowest BCUT2D eigenvalue weighted by Crippen LogP contribution is -2.54. The van der Waals surface area contributed by atoms with E-state index >= 15 is 0 Å². The number of benzene rings is 1. The molecular weight excluding hydrogens is 284 g/mol. The number of imide groups is 1. The summed E-state index contributed by atoms with van der Waals surface area (Å²) in [6, 6.07) is 8.47. The zero-order chi connectivity index (χ0) is 16.5. The Morgan fingerprint density at radius 1 is 1.23 bits per heavy atom. The van der Waals surface area contributed by atoms with Gasteiger partial charge in [-0.25, -0.2) is 4.79 Å². The Hall–Kier alpha value is -2.37. The molecule has 118 valence electrons. The topological polar surface area (TPSA) is 75.7 Å². The van der Waals surface area contributed by atoms with Crippen LogP contribution in [0, 0.1) is 5.41 Å². The fourth-order valence-electron chi connectivity index (χ4n) is 2.74. The number of esters is 1. The van der Waals surface area contributed by atoms with Gasteiger partial charge in [0.25, 0.3) is 5.91 Å². The van der Waals surface area contributed by atoms with Crippen molar-refractivity contribution in [1.29, 1.82) is 0 Å². The van der Waals surface area contributed by atoms with Gasteiger partial charge in [-0.2, -0.15) is 0 Å². The Morgan fingerprint density at radius 3 is 2.32 bits per heavy atom. The van der Waals surface area contributed by atoms with Crippen molar-refractivity contribution in [3.8, 4) is 0 Å². The minimum absolute atomic E-state index is 0.397. The van der Waals surface area contributed by atoms with Gasteiger partial charge >= 0.3 is 12.0 Å². The molecule has 0 unspecified atom stereocenters. The molecule has 1 N–H and O–H groups in total. The van der Waals surface area contributed by atoms with Gasteiger partial charge in [0.15, 0.2) is 5.54 Å². The number of rotatable bonds is 3. The minimum Gasteiger partial charge on any atom is -0.468 e. The molecule has 1 aliphatic rings. The molecule has 3 amide bonds. The standard InChI is InChI=1S/C16H20N2O4/c1-15(2,3)16(11-8-6-5-7-9-11)13(20)18(14(21)17-16)10-12(19)22-4/h5-9H,10H2,1-4H3,(H,17,21)/t16-/m0/s1. The largest absolute Gasteiger partial charge is 0.468 e. The van der Waals surface area contributed by atoms with Gasteiger partial charge in [-0.05, 0) is 11.0 Å². The molecule has 0 radical (unpaired) electrons. The minimum atomic E-state index is -1.21. The van der Waals surface area contributed by atoms with E-state index in [0.717, 1.165) is 4.90 Å². The summed E-state index contributed by atoms with van der Waals surface area (Å²) in [7, 11) is 1.22. The number of carbonyl (C=O) groups excluding carboxylic acids is 3. The van der Waals surface area contributed by atoms with Gasteiger partial charge in [0.2, 0.25) is 0 Å². The summed E-state index contributed by atoms with van der Waals surface area (Å²) in [4.78, 5) is 37.6. The Bertz CT molecular complexity index is 606. The Balaban J connectivity index is 2.51. The highest BCUT2D eigenvalue weighted by atomic mass is 16.5. The van der Waals surface area contributed by atoms with Crippen LogP contribution >= 0.6 is 0 Å². The maximum atomic E-state index is 13.0. The van der Waals surface area contributed by atoms with E-state index in [0.29, 0.717) is 5.56 Å². The van der Waals surface area contributed by atoms with Gasteiger partial charge in [-0.15, -0.1) is 0 Å². The molecule has 1 aliphatic heterocycles. The molecule has 1 saturated heterocycles. The van der Waals surface area contributed by atoms with Crippen LogP contribution in [0.4, 0.5) is 4.79 Å². The lowest BCUT2D eigenvalue weighted by Gasteiger charge is -2.39. The fourth-order valence-corrected chi connectivity index (χ4v) is 2.74. The number of urea groups is 1. The van der Waals surface area contributed by atoms with Crippen molar-refractivity contribution in [2.24, 2.45) is 5.41 Å². The van der Waals surface area contributed by atoms with E-state index in [4.69, 9.17) is 0 Å². The molecule has 1 fully saturated rings. The molecule has 2 rings (SSSR count). The van der Waals surface area contributed by atoms with E-state index < -0.39 is 35.4 Å². The molecule has 1 aromatic carbocycles. The summed E-state index contributed by atoms with van der Waals surface area (Å²) in [5.41, 5.74) is -1.10. The predicted octanol–water partition coefficient (Wildman–Crippen LogP) is 1.65. The molecule has 0 aliphatic carbocycles. The first kappa shape index (κ1) is 16.0. The summed E-state index contributed by atoms with van der Waals surface area (Å²) in [6.07, 6.45) is 0. The van der Waals surface area contributed by atoms with E-state index in [1.807, 2.05) is 39.0 Å². The number of methoxy groups -OCH3 is 1. The smallest absolute Gasteiger partial charge is 0.325 e. The number of nitrogens with zero attached hydrogens (tertiary/aromatic N) is 1. The van der Waals surface area contributed by atoms with E-state index in [2.05, 4.69) is 10.1 Å². The van der Waals surface area contributed by atoms with Crippen molar-refractivity contribution in [3.63, 3.8) is 0 Å². The van der Waals surface area contributed by atoms with Crippen LogP contribution in [0.2, 0.25) is 0 Å². The van der Waals surface area contributed by atoms with Crippen LogP contribution in [-0.2, 0) is 19.9 Å². The first-order valence-electron chi connectivity index (χ1n) is 7.00. The monoisotopic (exact) mass is 304 g/mol. The van der Waals surface area contributed by atoms with Gasteiger partial charge in [-0.1, -0.05) is 51.1 Å². The molecular formula is C16H20N2O4. The quantitative estimate of drug-likeness (QED) is 0.680. The van der Waals surface area contributed by atoms with Crippen molar-refractivity contribution in [3.05, 3.63) is 35.9 Å². The highest BCUT2D eigenvalue weighted by Crippen LogP contribution is 2.43. The number of hydrogen-bond donors (Lipinski definition) is 1. The van der Waals surface area contributed by atoms with E-state index in [-0.39, 0.29) is 0 Å². The zero-order valence-corrected chi connectivity index (χ0v) is 13.2. The molecule has 6 heteroatoms. The van der Waals surface area contributed by atoms with Crippen LogP contribution in [0.25, 0.3) is 0 Å². The highest BCUT2D eigenvalue weighted by molar-refractivity contribution is 6.09. The van der Waals surface area contributed by atoms with E-state index in [1.54, 1.807) is 12.1 Å². The third-order valence-electron chi connectivity index (χ3n) is 3.95. The second-order valence-corrected chi connectivity index (χ2v) is 6.26. The predicted molar refractivity (Wildman–Crippen MR) is 79.8 cm³/mol. The van der Waals surface area contributed by atoms with Crippen LogP contribution in [0.15, 0.2) is 30.3 Å². The summed E-state index contributed by atoms with van der Waals surface area (Å²) >= 11 is 0. The van der Waals surface area contributed by atoms with Crippen molar-refractivity contribution < 1.29 is 19.1 Å². The normalized spacial score (nSPS) is 21.7. The number of carbonyl (C=O) groups is 3. The summed E-state index contributed by atoms with van der Waals surface area (Å²) < 4.78 is 4.56. The maximum Gasteiger partial charge on any atom is 0.325 e. The average Bonchev–Trinajstić information content (AvgIpc) is 2.73. The van der Waals surface area contributed by atoms with Gasteiger partial charge in [-0.3, -0.25) is 14.5 Å². The molecule has 0 saturated carbocycles. The number of nitrogens with one attached hydrogen (secondary N) is 1. The third-order valence-corrected chi connectivity index (χ3v) is 3.95. The van der Waals surface area contributed by atoms with Crippen molar-refractivity contribution in [2.75, 3.05) is 13.7 Å². The van der Waals surface area contributed by atoms with Crippen molar-refractivity contribution >= 4 is 17.9 Å². The van der Waals surface area contributed by atoms with Crippen molar-refractivity contribution in [2.45, 2.75) is 26.3 Å². The van der Waals surface area contributed by atoms with Crippen LogP contribution in [0.5, 0.6) is 0 Å². The molecule has 0 bridgehead atoms. The first-order chi connectivity index (χ1) is 10.2. The Labute approximate surface area is 129 Å². The summed E-state index contributed by atoms with van der Waals surface area (Å²) in [5, 5.41) is 2.78. The average molecular weight is 304 g/mol. The Morgan fingerprint density at radius 2 is 1.82 bits per heavy atom. The molecule has 1 atom stereocenters. The van der Waals surface area contributed by atoms with Crippen LogP contribution in [0.3, 0.4) is 0 Å². The maximum absolute atomic E-state index is 13.0. The van der Waals surface area contributed by atoms with Crippen LogP contribution in [-0.4, -0.2) is 36.5 Å². The fraction of sp³-hybridized carbons (Fsp3) is 0.438. The molecule has 0 aromatic heterocycles. The number of ether oxygens (including phenoxy) is 1. The lowest BCUT2D eigenvalue weighted by molar-refractivity contribution is -0.146. The van der Waals surface area contributed by atoms with Gasteiger partial charge in [0, 0.05) is 0 Å². The number of amides is 3. The second-order valence-electron chi connectivity index (χ2n) is 6.26. The van der Waals surface area contributed by atoms with E-state index in [9.17, 15) is 14.4 Å². The van der Waals surface area contributed by atoms with Crippen LogP contribution in [0.1, 0.15) is 26.3 Å². The summed E-state index contributed by atoms with van der Waals surface area (Å²) in [5.74, 6) is -1.08. The number of hydrogen-bond acceptors (Lipinski definition) is 4. The van der Waals surface area contributed by atoms with Gasteiger partial charge < -0.3 is 10.1 Å². The lowest BCUT2D eigenvalue weighted by atomic mass is 9.69. The Kier molecular flexibility index (Phi) is 3.96. The van der Waals surface area contributed by atoms with Crippen molar-refractivity contribution in [1.82, 2.24) is 10.2 Å². The third kappa shape index (κ3) is 2.34. The molecule has 22 heavy (non-hydrogen) atoms. The van der Waals surface area contributed by atoms with Gasteiger partial charge in [0.05, 0.1) is 7.11 Å². The molecule has 6 nitrogen and oxygen atoms in total. The first-order valence-corrected chi connectivity index (χ1v) is 7.00. The highest BCUT2D eigenvalue weighted by Gasteiger charge is 2.59. The SMILES string of the molecule is COC(=O)CN1C(=O)N[C@](c2ccccc2)(C(C)(C)C)C1=O. The molecule has 1 heterocycles. The molecule has 0 spiro atoms. The van der Waals surface area contributed by atoms with Gasteiger partial charge in [0.1, 0.15) is 6.54 Å². The second kappa shape index (κ2) is 5.44. The molecule has 1 aromatic rings.